The van der Waals surface area contributed by atoms with Gasteiger partial charge in [0.05, 0.1) is 5.69 Å². The van der Waals surface area contributed by atoms with Gasteiger partial charge in [0.1, 0.15) is 11.9 Å². The average Bonchev–Trinajstić information content (AvgIpc) is 2.58. The molecule has 0 bridgehead atoms. The molecule has 0 unspecified atom stereocenters. The predicted octanol–water partition coefficient (Wildman–Crippen LogP) is 2.27. The van der Waals surface area contributed by atoms with Crippen molar-refractivity contribution >= 4 is 29.0 Å². The Kier molecular flexibility index (Phi) is 3.92. The molecule has 7 nitrogen and oxygen atoms in total. The van der Waals surface area contributed by atoms with Gasteiger partial charge in [-0.05, 0) is 43.5 Å². The second kappa shape index (κ2) is 6.18. The lowest BCUT2D eigenvalue weighted by molar-refractivity contribution is -0.0348. The molecule has 26 heavy (non-hydrogen) atoms. The van der Waals surface area contributed by atoms with Crippen molar-refractivity contribution in [1.29, 1.82) is 0 Å². The van der Waals surface area contributed by atoms with Gasteiger partial charge >= 0.3 is 0 Å². The SMILES string of the molecule is Clc1nnc(Cl)c(N2CC3(CC(Oc4ccnc5c4CCNC5)C3)C2)n1. The lowest BCUT2D eigenvalue weighted by Gasteiger charge is -2.58. The summed E-state index contributed by atoms with van der Waals surface area (Å²) >= 11 is 11.9. The molecule has 9 heteroatoms. The van der Waals surface area contributed by atoms with Crippen LogP contribution in [-0.4, -0.2) is 45.9 Å². The van der Waals surface area contributed by atoms with E-state index < -0.39 is 0 Å². The normalized spacial score (nSPS) is 21.1. The van der Waals surface area contributed by atoms with Crippen molar-refractivity contribution in [1.82, 2.24) is 25.5 Å². The number of aromatic nitrogens is 4. The number of ether oxygens (including phenoxy) is 1. The number of rotatable bonds is 3. The summed E-state index contributed by atoms with van der Waals surface area (Å²) in [4.78, 5) is 10.8. The second-order valence-corrected chi connectivity index (χ2v) is 8.06. The highest BCUT2D eigenvalue weighted by atomic mass is 35.5. The van der Waals surface area contributed by atoms with Crippen molar-refractivity contribution in [3.8, 4) is 5.75 Å². The van der Waals surface area contributed by atoms with Crippen LogP contribution >= 0.6 is 23.2 Å². The summed E-state index contributed by atoms with van der Waals surface area (Å²) in [6.07, 6.45) is 5.17. The molecule has 5 rings (SSSR count). The fourth-order valence-electron chi connectivity index (χ4n) is 4.29. The van der Waals surface area contributed by atoms with E-state index in [0.717, 1.165) is 56.9 Å². The van der Waals surface area contributed by atoms with E-state index >= 15 is 0 Å². The van der Waals surface area contributed by atoms with E-state index in [4.69, 9.17) is 27.9 Å². The third kappa shape index (κ3) is 2.78. The van der Waals surface area contributed by atoms with Crippen molar-refractivity contribution in [3.63, 3.8) is 0 Å². The van der Waals surface area contributed by atoms with Gasteiger partial charge in [-0.1, -0.05) is 11.6 Å². The average molecular weight is 393 g/mol. The molecule has 2 fully saturated rings. The summed E-state index contributed by atoms with van der Waals surface area (Å²) in [6, 6.07) is 2.00. The number of halogens is 2. The Hall–Kier alpha value is -1.70. The van der Waals surface area contributed by atoms with Crippen molar-refractivity contribution in [3.05, 3.63) is 34.0 Å². The summed E-state index contributed by atoms with van der Waals surface area (Å²) in [7, 11) is 0. The minimum atomic E-state index is 0.122. The van der Waals surface area contributed by atoms with Crippen LogP contribution in [0.25, 0.3) is 0 Å². The minimum absolute atomic E-state index is 0.122. The quantitative estimate of drug-likeness (QED) is 0.857. The maximum Gasteiger partial charge on any atom is 0.245 e. The number of nitrogens with one attached hydrogen (secondary N) is 1. The van der Waals surface area contributed by atoms with Crippen molar-refractivity contribution in [2.45, 2.75) is 31.9 Å². The lowest BCUT2D eigenvalue weighted by atomic mass is 9.61. The second-order valence-electron chi connectivity index (χ2n) is 7.36. The Morgan fingerprint density at radius 3 is 2.92 bits per heavy atom. The van der Waals surface area contributed by atoms with Crippen molar-refractivity contribution in [2.75, 3.05) is 24.5 Å². The third-order valence-electron chi connectivity index (χ3n) is 5.52. The zero-order chi connectivity index (χ0) is 17.7. The highest BCUT2D eigenvalue weighted by Gasteiger charge is 2.54. The first-order valence-corrected chi connectivity index (χ1v) is 9.52. The fraction of sp³-hybridized carbons (Fsp3) is 0.529. The van der Waals surface area contributed by atoms with Gasteiger partial charge in [0.25, 0.3) is 0 Å². The highest BCUT2D eigenvalue weighted by Crippen LogP contribution is 2.51. The molecule has 2 aromatic heterocycles. The molecule has 2 aliphatic heterocycles. The Bertz CT molecular complexity index is 849. The predicted molar refractivity (Wildman–Crippen MR) is 97.8 cm³/mol. The van der Waals surface area contributed by atoms with Gasteiger partial charge in [-0.3, -0.25) is 4.98 Å². The maximum absolute atomic E-state index is 6.29. The molecule has 0 atom stereocenters. The van der Waals surface area contributed by atoms with Gasteiger partial charge in [0, 0.05) is 36.8 Å². The number of hydrogen-bond donors (Lipinski definition) is 1. The number of hydrogen-bond acceptors (Lipinski definition) is 7. The van der Waals surface area contributed by atoms with Crippen LogP contribution in [0.1, 0.15) is 24.1 Å². The molecule has 3 aliphatic rings. The molecule has 0 amide bonds. The lowest BCUT2D eigenvalue weighted by Crippen LogP contribution is -2.65. The Balaban J connectivity index is 1.21. The van der Waals surface area contributed by atoms with Crippen LogP contribution in [-0.2, 0) is 13.0 Å². The van der Waals surface area contributed by atoms with Gasteiger partial charge in [-0.25, -0.2) is 0 Å². The molecule has 2 aromatic rings. The van der Waals surface area contributed by atoms with Crippen LogP contribution in [0, 0.1) is 5.41 Å². The molecule has 1 N–H and O–H groups in total. The van der Waals surface area contributed by atoms with Crippen LogP contribution in [0.2, 0.25) is 10.4 Å². The van der Waals surface area contributed by atoms with E-state index in [-0.39, 0.29) is 11.4 Å². The zero-order valence-electron chi connectivity index (χ0n) is 14.1. The molecule has 4 heterocycles. The standard InChI is InChI=1S/C17H18Cl2N6O/c18-14-15(22-16(19)24-23-14)25-8-17(9-25)5-10(6-17)26-13-2-4-21-12-7-20-3-1-11(12)13/h2,4,10,20H,1,3,5-9H2. The van der Waals surface area contributed by atoms with E-state index in [1.807, 2.05) is 12.3 Å². The van der Waals surface area contributed by atoms with Crippen LogP contribution in [0.5, 0.6) is 5.75 Å². The monoisotopic (exact) mass is 392 g/mol. The molecule has 0 radical (unpaired) electrons. The molecule has 1 saturated carbocycles. The van der Waals surface area contributed by atoms with Crippen molar-refractivity contribution in [2.24, 2.45) is 5.41 Å². The Morgan fingerprint density at radius 1 is 1.23 bits per heavy atom. The first-order valence-electron chi connectivity index (χ1n) is 8.77. The molecule has 1 saturated heterocycles. The minimum Gasteiger partial charge on any atom is -0.490 e. The summed E-state index contributed by atoms with van der Waals surface area (Å²) in [5, 5.41) is 11.3. The van der Waals surface area contributed by atoms with E-state index in [0.29, 0.717) is 16.4 Å². The number of anilines is 1. The van der Waals surface area contributed by atoms with Crippen LogP contribution < -0.4 is 15.0 Å². The van der Waals surface area contributed by atoms with Crippen LogP contribution in [0.3, 0.4) is 0 Å². The van der Waals surface area contributed by atoms with Gasteiger partial charge in [0.2, 0.25) is 5.28 Å². The summed E-state index contributed by atoms with van der Waals surface area (Å²) in [5.74, 6) is 1.62. The van der Waals surface area contributed by atoms with E-state index in [2.05, 4.69) is 30.4 Å². The van der Waals surface area contributed by atoms with E-state index in [1.165, 1.54) is 5.56 Å². The van der Waals surface area contributed by atoms with Crippen LogP contribution in [0.4, 0.5) is 5.82 Å². The first kappa shape index (κ1) is 16.5. The topological polar surface area (TPSA) is 76.1 Å². The summed E-state index contributed by atoms with van der Waals surface area (Å²) < 4.78 is 6.29. The van der Waals surface area contributed by atoms with E-state index in [1.54, 1.807) is 0 Å². The number of fused-ring (bicyclic) bond motifs is 1. The molecular formula is C17H18Cl2N6O. The fourth-order valence-corrected chi connectivity index (χ4v) is 4.61. The summed E-state index contributed by atoms with van der Waals surface area (Å²) in [6.45, 7) is 3.61. The van der Waals surface area contributed by atoms with E-state index in [9.17, 15) is 0 Å². The van der Waals surface area contributed by atoms with Gasteiger partial charge < -0.3 is 15.0 Å². The van der Waals surface area contributed by atoms with Crippen LogP contribution in [0.15, 0.2) is 12.3 Å². The molecule has 0 aromatic carbocycles. The Morgan fingerprint density at radius 2 is 2.08 bits per heavy atom. The van der Waals surface area contributed by atoms with Crippen molar-refractivity contribution < 1.29 is 4.74 Å². The first-order chi connectivity index (χ1) is 12.6. The molecule has 1 spiro atoms. The highest BCUT2D eigenvalue weighted by molar-refractivity contribution is 6.32. The molecular weight excluding hydrogens is 375 g/mol. The maximum atomic E-state index is 6.29. The number of pyridine rings is 1. The summed E-state index contributed by atoms with van der Waals surface area (Å²) in [5.41, 5.74) is 2.66. The zero-order valence-corrected chi connectivity index (χ0v) is 15.6. The smallest absolute Gasteiger partial charge is 0.245 e. The van der Waals surface area contributed by atoms with Gasteiger partial charge in [-0.2, -0.15) is 4.98 Å². The number of nitrogens with zero attached hydrogens (tertiary/aromatic N) is 5. The molecule has 1 aliphatic carbocycles. The third-order valence-corrected chi connectivity index (χ3v) is 5.92. The van der Waals surface area contributed by atoms with Gasteiger partial charge in [0.15, 0.2) is 11.0 Å². The molecule has 136 valence electrons. The Labute approximate surface area is 161 Å². The largest absolute Gasteiger partial charge is 0.490 e. The van der Waals surface area contributed by atoms with Gasteiger partial charge in [-0.15, -0.1) is 10.2 Å².